The number of hydrogen-bond acceptors (Lipinski definition) is 0. The van der Waals surface area contributed by atoms with Crippen LogP contribution in [0.4, 0.5) is 0 Å². The molecule has 0 atom stereocenters. The molecule has 0 saturated carbocycles. The van der Waals surface area contributed by atoms with Gasteiger partial charge in [0.05, 0.1) is 0 Å². The van der Waals surface area contributed by atoms with Crippen LogP contribution in [0.5, 0.6) is 0 Å². The molecule has 0 amide bonds. The summed E-state index contributed by atoms with van der Waals surface area (Å²) in [5.74, 6) is 0. The average molecular weight is 198 g/mol. The topological polar surface area (TPSA) is 0 Å². The van der Waals surface area contributed by atoms with E-state index < -0.39 is 0 Å². The Morgan fingerprint density at radius 1 is 1.33 bits per heavy atom. The quantitative estimate of drug-likeness (QED) is 0.472. The second kappa shape index (κ2) is 3.90. The predicted molar refractivity (Wildman–Crippen MR) is 38.4 cm³/mol. The summed E-state index contributed by atoms with van der Waals surface area (Å²) in [5, 5.41) is 0. The molecule has 0 aliphatic heterocycles. The molecule has 0 unspecified atom stereocenters. The highest BCUT2D eigenvalue weighted by molar-refractivity contribution is 14.1. The van der Waals surface area contributed by atoms with Crippen molar-refractivity contribution in [3.05, 3.63) is 0 Å². The summed E-state index contributed by atoms with van der Waals surface area (Å²) < 4.78 is 0.905. The molecule has 38 valence electrons. The van der Waals surface area contributed by atoms with Crippen molar-refractivity contribution in [2.24, 2.45) is 0 Å². The fourth-order valence-corrected chi connectivity index (χ4v) is 0.289. The average Bonchev–Trinajstić information content (AvgIpc) is 1.65. The van der Waals surface area contributed by atoms with Gasteiger partial charge in [0.1, 0.15) is 0 Å². The summed E-state index contributed by atoms with van der Waals surface area (Å²) in [6.07, 6.45) is 2.63. The molecular formula is C5H11I. The monoisotopic (exact) mass is 198 g/mol. The molecule has 0 aliphatic carbocycles. The number of halogens is 1. The van der Waals surface area contributed by atoms with E-state index in [9.17, 15) is 0 Å². The Bertz CT molecular complexity index is 23.1. The van der Waals surface area contributed by atoms with Crippen LogP contribution in [0.2, 0.25) is 0 Å². The molecule has 0 fully saturated rings. The molecule has 0 heterocycles. The summed E-state index contributed by atoms with van der Waals surface area (Å²) in [6, 6.07) is 0. The Morgan fingerprint density at radius 2 is 1.67 bits per heavy atom. The van der Waals surface area contributed by atoms with E-state index in [1.54, 1.807) is 0 Å². The third-order valence-electron chi connectivity index (χ3n) is 0.886. The first-order chi connectivity index (χ1) is 2.81. The molecule has 0 rings (SSSR count). The van der Waals surface area contributed by atoms with Crippen molar-refractivity contribution in [3.63, 3.8) is 0 Å². The smallest absolute Gasteiger partial charge is 0.0104 e. The highest BCUT2D eigenvalue weighted by Gasteiger charge is 1.91. The van der Waals surface area contributed by atoms with Gasteiger partial charge in [0.15, 0.2) is 0 Å². The van der Waals surface area contributed by atoms with Crippen LogP contribution in [0.25, 0.3) is 0 Å². The van der Waals surface area contributed by atoms with Crippen LogP contribution in [0, 0.1) is 0 Å². The minimum atomic E-state index is 0.905. The molecular weight excluding hydrogens is 187 g/mol. The second-order valence-corrected chi connectivity index (χ2v) is 3.18. The molecule has 0 N–H and O–H groups in total. The van der Waals surface area contributed by atoms with Gasteiger partial charge in [0.2, 0.25) is 0 Å². The van der Waals surface area contributed by atoms with Gasteiger partial charge in [0, 0.05) is 3.92 Å². The van der Waals surface area contributed by atoms with Gasteiger partial charge in [0.25, 0.3) is 0 Å². The van der Waals surface area contributed by atoms with Gasteiger partial charge in [-0.3, -0.25) is 0 Å². The van der Waals surface area contributed by atoms with E-state index in [-0.39, 0.29) is 0 Å². The van der Waals surface area contributed by atoms with E-state index in [1.165, 1.54) is 12.8 Å². The lowest BCUT2D eigenvalue weighted by molar-refractivity contribution is 0.820. The third-order valence-corrected chi connectivity index (χ3v) is 2.65. The van der Waals surface area contributed by atoms with Crippen LogP contribution >= 0.6 is 22.6 Å². The van der Waals surface area contributed by atoms with Crippen LogP contribution in [0.1, 0.15) is 26.7 Å². The molecule has 0 nitrogen and oxygen atoms in total. The van der Waals surface area contributed by atoms with Crippen LogP contribution in [0.3, 0.4) is 0 Å². The Hall–Kier alpha value is 0.730. The summed E-state index contributed by atoms with van der Waals surface area (Å²) in [7, 11) is 0. The van der Waals surface area contributed by atoms with E-state index in [1.807, 2.05) is 0 Å². The maximum atomic E-state index is 2.47. The highest BCUT2D eigenvalue weighted by Crippen LogP contribution is 2.07. The van der Waals surface area contributed by atoms with E-state index in [0.29, 0.717) is 0 Å². The van der Waals surface area contributed by atoms with Crippen LogP contribution < -0.4 is 0 Å². The van der Waals surface area contributed by atoms with Gasteiger partial charge in [-0.2, -0.15) is 0 Å². The SMILES string of the molecule is CCC(I)CC. The lowest BCUT2D eigenvalue weighted by Crippen LogP contribution is -1.88. The van der Waals surface area contributed by atoms with Crippen molar-refractivity contribution >= 4 is 22.6 Å². The number of alkyl halides is 1. The zero-order valence-corrected chi connectivity index (χ0v) is 6.53. The molecule has 0 spiro atoms. The molecule has 0 bridgehead atoms. The van der Waals surface area contributed by atoms with Gasteiger partial charge in [-0.15, -0.1) is 0 Å². The number of hydrogen-bond donors (Lipinski definition) is 0. The van der Waals surface area contributed by atoms with Crippen molar-refractivity contribution < 1.29 is 0 Å². The lowest BCUT2D eigenvalue weighted by Gasteiger charge is -1.96. The fraction of sp³-hybridized carbons (Fsp3) is 1.00. The van der Waals surface area contributed by atoms with Gasteiger partial charge in [-0.1, -0.05) is 36.4 Å². The van der Waals surface area contributed by atoms with Crippen LogP contribution in [0.15, 0.2) is 0 Å². The fourth-order valence-electron chi connectivity index (χ4n) is 0.289. The van der Waals surface area contributed by atoms with Crippen molar-refractivity contribution in [2.45, 2.75) is 30.6 Å². The normalized spacial score (nSPS) is 10.0. The van der Waals surface area contributed by atoms with Gasteiger partial charge in [-0.05, 0) is 12.8 Å². The minimum absolute atomic E-state index is 0.905. The predicted octanol–water partition coefficient (Wildman–Crippen LogP) is 2.61. The molecule has 0 aliphatic rings. The first kappa shape index (κ1) is 6.73. The Labute approximate surface area is 53.5 Å². The van der Waals surface area contributed by atoms with Crippen molar-refractivity contribution in [2.75, 3.05) is 0 Å². The van der Waals surface area contributed by atoms with Crippen molar-refractivity contribution in [1.29, 1.82) is 0 Å². The van der Waals surface area contributed by atoms with Gasteiger partial charge < -0.3 is 0 Å². The summed E-state index contributed by atoms with van der Waals surface area (Å²) in [6.45, 7) is 4.45. The van der Waals surface area contributed by atoms with Crippen molar-refractivity contribution in [3.8, 4) is 0 Å². The molecule has 0 aromatic rings. The van der Waals surface area contributed by atoms with E-state index in [0.717, 1.165) is 3.92 Å². The minimum Gasteiger partial charge on any atom is -0.0826 e. The largest absolute Gasteiger partial charge is 0.0826 e. The highest BCUT2D eigenvalue weighted by atomic mass is 127. The van der Waals surface area contributed by atoms with Gasteiger partial charge >= 0.3 is 0 Å². The van der Waals surface area contributed by atoms with E-state index >= 15 is 0 Å². The standard InChI is InChI=1S/C5H11I/c1-3-5(6)4-2/h5H,3-4H2,1-2H3. The van der Waals surface area contributed by atoms with Crippen LogP contribution in [-0.2, 0) is 0 Å². The van der Waals surface area contributed by atoms with E-state index in [2.05, 4.69) is 36.4 Å². The van der Waals surface area contributed by atoms with E-state index in [4.69, 9.17) is 0 Å². The van der Waals surface area contributed by atoms with Crippen molar-refractivity contribution in [1.82, 2.24) is 0 Å². The Balaban J connectivity index is 2.75. The third kappa shape index (κ3) is 2.94. The maximum Gasteiger partial charge on any atom is 0.0104 e. The zero-order chi connectivity index (χ0) is 4.99. The molecule has 6 heavy (non-hydrogen) atoms. The molecule has 0 aromatic heterocycles. The Kier molecular flexibility index (Phi) is 4.38. The van der Waals surface area contributed by atoms with Gasteiger partial charge in [-0.25, -0.2) is 0 Å². The summed E-state index contributed by atoms with van der Waals surface area (Å²) >= 11 is 2.47. The number of rotatable bonds is 2. The summed E-state index contributed by atoms with van der Waals surface area (Å²) in [5.41, 5.74) is 0. The van der Waals surface area contributed by atoms with Crippen LogP contribution in [-0.4, -0.2) is 3.92 Å². The first-order valence-corrected chi connectivity index (χ1v) is 3.69. The molecule has 0 aromatic carbocycles. The Morgan fingerprint density at radius 3 is 1.67 bits per heavy atom. The second-order valence-electron chi connectivity index (χ2n) is 1.41. The zero-order valence-electron chi connectivity index (χ0n) is 4.37. The molecule has 0 saturated heterocycles. The molecule has 1 heteroatoms. The first-order valence-electron chi connectivity index (χ1n) is 2.45. The molecule has 0 radical (unpaired) electrons. The lowest BCUT2D eigenvalue weighted by atomic mass is 10.3. The maximum absolute atomic E-state index is 2.47. The summed E-state index contributed by atoms with van der Waals surface area (Å²) in [4.78, 5) is 0.